The Morgan fingerprint density at radius 2 is 1.95 bits per heavy atom. The minimum absolute atomic E-state index is 0.743. The van der Waals surface area contributed by atoms with Crippen LogP contribution in [0.5, 0.6) is 0 Å². The van der Waals surface area contributed by atoms with Crippen molar-refractivity contribution in [2.75, 3.05) is 33.7 Å². The Kier molecular flexibility index (Phi) is 6.68. The van der Waals surface area contributed by atoms with E-state index in [0.717, 1.165) is 25.7 Å². The lowest BCUT2D eigenvalue weighted by atomic mass is 10.1. The van der Waals surface area contributed by atoms with Gasteiger partial charge in [0.25, 0.3) is 0 Å². The molecule has 1 saturated heterocycles. The van der Waals surface area contributed by atoms with Crippen LogP contribution < -0.4 is 5.32 Å². The second-order valence-corrected chi connectivity index (χ2v) is 6.47. The molecule has 0 saturated carbocycles. The zero-order valence-corrected chi connectivity index (χ0v) is 13.9. The number of rotatable bonds is 8. The smallest absolute Gasteiger partial charge is 0.0231 e. The molecule has 118 valence electrons. The van der Waals surface area contributed by atoms with E-state index in [-0.39, 0.29) is 0 Å². The van der Waals surface area contributed by atoms with Crippen LogP contribution in [0.4, 0.5) is 0 Å². The van der Waals surface area contributed by atoms with Gasteiger partial charge in [0, 0.05) is 25.7 Å². The topological polar surface area (TPSA) is 18.5 Å². The van der Waals surface area contributed by atoms with E-state index in [1.54, 1.807) is 0 Å². The van der Waals surface area contributed by atoms with E-state index in [0.29, 0.717) is 0 Å². The average molecular weight is 289 g/mol. The molecule has 1 atom stereocenters. The van der Waals surface area contributed by atoms with Crippen LogP contribution in [0.2, 0.25) is 0 Å². The maximum absolute atomic E-state index is 3.45. The largest absolute Gasteiger partial charge is 0.313 e. The van der Waals surface area contributed by atoms with Crippen molar-refractivity contribution in [3.63, 3.8) is 0 Å². The van der Waals surface area contributed by atoms with E-state index in [1.165, 1.54) is 43.5 Å². The van der Waals surface area contributed by atoms with Gasteiger partial charge in [-0.3, -0.25) is 0 Å². The molecular weight excluding hydrogens is 258 g/mol. The van der Waals surface area contributed by atoms with Gasteiger partial charge < -0.3 is 15.1 Å². The van der Waals surface area contributed by atoms with E-state index in [4.69, 9.17) is 0 Å². The number of hydrogen-bond acceptors (Lipinski definition) is 3. The first-order valence-corrected chi connectivity index (χ1v) is 8.36. The maximum atomic E-state index is 3.45. The molecule has 3 heteroatoms. The van der Waals surface area contributed by atoms with Crippen molar-refractivity contribution in [2.45, 2.75) is 45.3 Å². The summed E-state index contributed by atoms with van der Waals surface area (Å²) in [6, 6.07) is 9.81. The second-order valence-electron chi connectivity index (χ2n) is 6.47. The van der Waals surface area contributed by atoms with Crippen molar-refractivity contribution < 1.29 is 0 Å². The highest BCUT2D eigenvalue weighted by Crippen LogP contribution is 2.16. The fourth-order valence-corrected chi connectivity index (χ4v) is 3.12. The summed E-state index contributed by atoms with van der Waals surface area (Å²) < 4.78 is 0. The van der Waals surface area contributed by atoms with Crippen molar-refractivity contribution in [2.24, 2.45) is 0 Å². The third-order valence-corrected chi connectivity index (χ3v) is 4.43. The summed E-state index contributed by atoms with van der Waals surface area (Å²) in [5.41, 5.74) is 2.79. The summed E-state index contributed by atoms with van der Waals surface area (Å²) >= 11 is 0. The van der Waals surface area contributed by atoms with Gasteiger partial charge in [-0.15, -0.1) is 0 Å². The van der Waals surface area contributed by atoms with Gasteiger partial charge in [0.15, 0.2) is 0 Å². The zero-order chi connectivity index (χ0) is 15.1. The van der Waals surface area contributed by atoms with Crippen LogP contribution in [-0.4, -0.2) is 49.6 Å². The average Bonchev–Trinajstić information content (AvgIpc) is 2.86. The molecular formula is C18H31N3. The van der Waals surface area contributed by atoms with Crippen LogP contribution in [-0.2, 0) is 13.1 Å². The molecule has 1 aromatic carbocycles. The van der Waals surface area contributed by atoms with Gasteiger partial charge in [-0.2, -0.15) is 0 Å². The normalized spacial score (nSPS) is 19.5. The van der Waals surface area contributed by atoms with E-state index in [2.05, 4.69) is 60.4 Å². The van der Waals surface area contributed by atoms with E-state index < -0.39 is 0 Å². The van der Waals surface area contributed by atoms with Gasteiger partial charge >= 0.3 is 0 Å². The molecule has 0 amide bonds. The lowest BCUT2D eigenvalue weighted by molar-refractivity contribution is 0.215. The molecule has 1 N–H and O–H groups in total. The Morgan fingerprint density at radius 1 is 1.24 bits per heavy atom. The van der Waals surface area contributed by atoms with E-state index in [9.17, 15) is 0 Å². The maximum Gasteiger partial charge on any atom is 0.0231 e. The number of hydrogen-bond donors (Lipinski definition) is 1. The molecule has 1 aromatic rings. The molecule has 1 fully saturated rings. The molecule has 1 unspecified atom stereocenters. The third-order valence-electron chi connectivity index (χ3n) is 4.43. The minimum atomic E-state index is 0.743. The van der Waals surface area contributed by atoms with Gasteiger partial charge in [-0.05, 0) is 57.6 Å². The molecule has 21 heavy (non-hydrogen) atoms. The van der Waals surface area contributed by atoms with Crippen molar-refractivity contribution in [1.29, 1.82) is 0 Å². The van der Waals surface area contributed by atoms with Crippen LogP contribution in [0.1, 0.15) is 37.3 Å². The Balaban J connectivity index is 1.76. The van der Waals surface area contributed by atoms with Gasteiger partial charge in [0.1, 0.15) is 0 Å². The lowest BCUT2D eigenvalue weighted by Crippen LogP contribution is -2.36. The van der Waals surface area contributed by atoms with Gasteiger partial charge in [0.2, 0.25) is 0 Å². The van der Waals surface area contributed by atoms with Crippen molar-refractivity contribution in [1.82, 2.24) is 15.1 Å². The summed E-state index contributed by atoms with van der Waals surface area (Å²) in [6.07, 6.45) is 3.90. The molecule has 1 heterocycles. The predicted molar refractivity (Wildman–Crippen MR) is 90.4 cm³/mol. The third kappa shape index (κ3) is 5.42. The van der Waals surface area contributed by atoms with Crippen LogP contribution in [0.3, 0.4) is 0 Å². The molecule has 1 aliphatic rings. The van der Waals surface area contributed by atoms with Crippen LogP contribution >= 0.6 is 0 Å². The first-order valence-electron chi connectivity index (χ1n) is 8.36. The van der Waals surface area contributed by atoms with Gasteiger partial charge in [-0.1, -0.05) is 31.2 Å². The Hall–Kier alpha value is -0.900. The highest BCUT2D eigenvalue weighted by atomic mass is 15.2. The zero-order valence-electron chi connectivity index (χ0n) is 13.9. The van der Waals surface area contributed by atoms with Crippen LogP contribution in [0.25, 0.3) is 0 Å². The van der Waals surface area contributed by atoms with Gasteiger partial charge in [0.05, 0.1) is 0 Å². The second kappa shape index (κ2) is 8.52. The first-order chi connectivity index (χ1) is 10.2. The summed E-state index contributed by atoms with van der Waals surface area (Å²) in [6.45, 7) is 7.77. The molecule has 2 rings (SSSR count). The Labute approximate surface area is 130 Å². The Morgan fingerprint density at radius 3 is 2.57 bits per heavy atom. The van der Waals surface area contributed by atoms with Crippen molar-refractivity contribution >= 4 is 0 Å². The molecule has 0 aromatic heterocycles. The van der Waals surface area contributed by atoms with Crippen LogP contribution in [0.15, 0.2) is 24.3 Å². The quantitative estimate of drug-likeness (QED) is 0.742. The minimum Gasteiger partial charge on any atom is -0.313 e. The fraction of sp³-hybridized carbons (Fsp3) is 0.667. The SMILES string of the molecule is CCCNCc1ccc(CN(C)CC2CCCN2C)cc1. The fourth-order valence-electron chi connectivity index (χ4n) is 3.12. The van der Waals surface area contributed by atoms with Gasteiger partial charge in [-0.25, -0.2) is 0 Å². The Bertz CT molecular complexity index is 401. The summed E-state index contributed by atoms with van der Waals surface area (Å²) in [7, 11) is 4.49. The summed E-state index contributed by atoms with van der Waals surface area (Å²) in [4.78, 5) is 4.95. The van der Waals surface area contributed by atoms with Crippen molar-refractivity contribution in [3.8, 4) is 0 Å². The van der Waals surface area contributed by atoms with Crippen LogP contribution in [0, 0.1) is 0 Å². The van der Waals surface area contributed by atoms with E-state index in [1.807, 2.05) is 0 Å². The highest BCUT2D eigenvalue weighted by Gasteiger charge is 2.21. The molecule has 1 aliphatic heterocycles. The monoisotopic (exact) mass is 289 g/mol. The number of nitrogens with one attached hydrogen (secondary N) is 1. The molecule has 3 nitrogen and oxygen atoms in total. The molecule has 0 bridgehead atoms. The molecule has 0 spiro atoms. The molecule has 0 aliphatic carbocycles. The number of likely N-dealkylation sites (tertiary alicyclic amines) is 1. The summed E-state index contributed by atoms with van der Waals surface area (Å²) in [5, 5.41) is 3.45. The first kappa shape index (κ1) is 16.5. The van der Waals surface area contributed by atoms with Crippen molar-refractivity contribution in [3.05, 3.63) is 35.4 Å². The summed E-state index contributed by atoms with van der Waals surface area (Å²) in [5.74, 6) is 0. The lowest BCUT2D eigenvalue weighted by Gasteiger charge is -2.25. The van der Waals surface area contributed by atoms with E-state index >= 15 is 0 Å². The predicted octanol–water partition coefficient (Wildman–Crippen LogP) is 2.71. The molecule has 0 radical (unpaired) electrons. The standard InChI is InChI=1S/C18H31N3/c1-4-11-19-13-16-7-9-17(10-8-16)14-20(2)15-18-6-5-12-21(18)3/h7-10,18-19H,4-6,11-15H2,1-3H3. The number of likely N-dealkylation sites (N-methyl/N-ethyl adjacent to an activating group) is 2. The highest BCUT2D eigenvalue weighted by molar-refractivity contribution is 5.22. The number of nitrogens with zero attached hydrogens (tertiary/aromatic N) is 2. The number of benzene rings is 1.